The number of hydrogen-bond acceptors (Lipinski definition) is 9. The number of anilines is 1. The quantitative estimate of drug-likeness (QED) is 0.326. The summed E-state index contributed by atoms with van der Waals surface area (Å²) in [5.41, 5.74) is 0.425. The molecule has 2 aromatic carbocycles. The molecule has 6 rings (SSSR count). The van der Waals surface area contributed by atoms with Crippen molar-refractivity contribution in [2.75, 3.05) is 31.8 Å². The zero-order chi connectivity index (χ0) is 27.9. The summed E-state index contributed by atoms with van der Waals surface area (Å²) in [5, 5.41) is 30.3. The van der Waals surface area contributed by atoms with Gasteiger partial charge in [0.2, 0.25) is 5.82 Å². The first-order chi connectivity index (χ1) is 19.3. The molecule has 1 aromatic heterocycles. The van der Waals surface area contributed by atoms with E-state index in [-0.39, 0.29) is 25.6 Å². The third-order valence-corrected chi connectivity index (χ3v) is 7.12. The van der Waals surface area contributed by atoms with Crippen LogP contribution >= 0.6 is 0 Å². The molecule has 0 radical (unpaired) electrons. The van der Waals surface area contributed by atoms with Gasteiger partial charge in [-0.2, -0.15) is 0 Å². The normalized spacial score (nSPS) is 27.2. The predicted molar refractivity (Wildman–Crippen MR) is 140 cm³/mol. The van der Waals surface area contributed by atoms with Crippen LogP contribution in [0.3, 0.4) is 0 Å². The van der Waals surface area contributed by atoms with Crippen molar-refractivity contribution >= 4 is 17.5 Å². The Labute approximate surface area is 229 Å². The van der Waals surface area contributed by atoms with E-state index >= 15 is 0 Å². The molecule has 4 heterocycles. The maximum Gasteiger partial charge on any atom is 0.291 e. The summed E-state index contributed by atoms with van der Waals surface area (Å²) in [6.45, 7) is -0.0992. The number of likely N-dealkylation sites (N-methyl/N-ethyl adjacent to an activating group) is 1. The molecular formula is C28H27N5O7. The lowest BCUT2D eigenvalue weighted by atomic mass is 9.96. The third-order valence-electron chi connectivity index (χ3n) is 7.12. The number of carbonyl (C=O) groups excluding carboxylic acids is 2. The number of amides is 2. The van der Waals surface area contributed by atoms with Gasteiger partial charge in [-0.3, -0.25) is 14.7 Å². The molecule has 12 nitrogen and oxygen atoms in total. The standard InChI is InChI=1S/C28H27N5O7/c1-33-19-11-17(9-10-28(37)15-40-23-20(34)14-39-24(23)28)7-8-21(19)38-13-18(27(33)36)29-26(35)25-30-22(31-32-25)12-16-5-3-2-4-6-16/h2-8,11,18,20,23-24,34,37H,12-15H2,1H3,(H,29,35)(H,30,31,32)/t18?,20-,23+,24-,28+/m0/s1. The van der Waals surface area contributed by atoms with Crippen molar-refractivity contribution in [3.8, 4) is 17.6 Å². The van der Waals surface area contributed by atoms with Gasteiger partial charge in [0.15, 0.2) is 5.60 Å². The third kappa shape index (κ3) is 4.91. The van der Waals surface area contributed by atoms with Crippen molar-refractivity contribution in [1.82, 2.24) is 20.5 Å². The molecule has 2 saturated heterocycles. The van der Waals surface area contributed by atoms with E-state index in [1.165, 1.54) is 4.90 Å². The highest BCUT2D eigenvalue weighted by Gasteiger charge is 2.55. The average molecular weight is 546 g/mol. The Morgan fingerprint density at radius 3 is 2.88 bits per heavy atom. The smallest absolute Gasteiger partial charge is 0.291 e. The van der Waals surface area contributed by atoms with Crippen molar-refractivity contribution in [3.63, 3.8) is 0 Å². The van der Waals surface area contributed by atoms with E-state index in [1.54, 1.807) is 25.2 Å². The van der Waals surface area contributed by atoms with Crippen LogP contribution in [0, 0.1) is 11.8 Å². The van der Waals surface area contributed by atoms with E-state index in [0.29, 0.717) is 29.2 Å². The number of fused-ring (bicyclic) bond motifs is 2. The van der Waals surface area contributed by atoms with Crippen LogP contribution in [0.2, 0.25) is 0 Å². The second kappa shape index (κ2) is 10.4. The van der Waals surface area contributed by atoms with Crippen LogP contribution in [0.1, 0.15) is 27.6 Å². The summed E-state index contributed by atoms with van der Waals surface area (Å²) in [6.07, 6.45) is -1.69. The number of aliphatic hydroxyl groups excluding tert-OH is 1. The van der Waals surface area contributed by atoms with E-state index < -0.39 is 41.8 Å². The largest absolute Gasteiger partial charge is 0.489 e. The minimum absolute atomic E-state index is 0.0736. The van der Waals surface area contributed by atoms with E-state index in [1.807, 2.05) is 30.3 Å². The number of hydrogen-bond donors (Lipinski definition) is 4. The van der Waals surface area contributed by atoms with Gasteiger partial charge < -0.3 is 34.6 Å². The lowest BCUT2D eigenvalue weighted by Crippen LogP contribution is -2.49. The summed E-state index contributed by atoms with van der Waals surface area (Å²) >= 11 is 0. The topological polar surface area (TPSA) is 159 Å². The Bertz CT molecular complexity index is 1500. The molecule has 5 atom stereocenters. The van der Waals surface area contributed by atoms with Crippen LogP contribution in [0.4, 0.5) is 5.69 Å². The summed E-state index contributed by atoms with van der Waals surface area (Å²) in [7, 11) is 1.58. The summed E-state index contributed by atoms with van der Waals surface area (Å²) < 4.78 is 16.8. The number of nitrogens with one attached hydrogen (secondary N) is 2. The molecule has 3 aromatic rings. The number of aromatic amines is 1. The Hall–Kier alpha value is -4.28. The van der Waals surface area contributed by atoms with Gasteiger partial charge in [0.05, 0.1) is 18.9 Å². The van der Waals surface area contributed by atoms with Gasteiger partial charge in [-0.25, -0.2) is 4.98 Å². The highest BCUT2D eigenvalue weighted by atomic mass is 16.6. The monoisotopic (exact) mass is 545 g/mol. The lowest BCUT2D eigenvalue weighted by molar-refractivity contribution is -0.120. The van der Waals surface area contributed by atoms with Crippen molar-refractivity contribution in [2.24, 2.45) is 0 Å². The average Bonchev–Trinajstić information content (AvgIpc) is 3.66. The van der Waals surface area contributed by atoms with Gasteiger partial charge in [0.25, 0.3) is 11.8 Å². The number of carbonyl (C=O) groups is 2. The highest BCUT2D eigenvalue weighted by molar-refractivity contribution is 6.02. The van der Waals surface area contributed by atoms with Crippen molar-refractivity contribution in [1.29, 1.82) is 0 Å². The molecule has 3 aliphatic rings. The molecule has 0 aliphatic carbocycles. The molecule has 206 valence electrons. The number of aromatic nitrogens is 3. The van der Waals surface area contributed by atoms with E-state index in [0.717, 1.165) is 5.56 Å². The molecule has 0 saturated carbocycles. The lowest BCUT2D eigenvalue weighted by Gasteiger charge is -2.20. The Balaban J connectivity index is 1.14. The number of nitrogens with zero attached hydrogens (tertiary/aromatic N) is 3. The molecule has 3 aliphatic heterocycles. The first-order valence-corrected chi connectivity index (χ1v) is 12.8. The van der Waals surface area contributed by atoms with E-state index in [9.17, 15) is 19.8 Å². The van der Waals surface area contributed by atoms with E-state index in [2.05, 4.69) is 32.3 Å². The minimum atomic E-state index is -1.57. The fraction of sp³-hybridized carbons (Fsp3) is 0.357. The van der Waals surface area contributed by atoms with Gasteiger partial charge in [-0.05, 0) is 23.8 Å². The van der Waals surface area contributed by atoms with Crippen LogP contribution in [-0.4, -0.2) is 94.0 Å². The maximum atomic E-state index is 13.3. The van der Waals surface area contributed by atoms with E-state index in [4.69, 9.17) is 14.2 Å². The number of ether oxygens (including phenoxy) is 3. The van der Waals surface area contributed by atoms with Gasteiger partial charge in [0, 0.05) is 19.0 Å². The second-order valence-electron chi connectivity index (χ2n) is 9.96. The number of benzene rings is 2. The SMILES string of the molecule is CN1C(=O)C(NC(=O)c2n[nH]c(Cc3ccccc3)n2)COc2ccc(C#C[C@@]3(O)CO[C@@H]4[C@@H](O)CO[C@@H]43)cc21. The first-order valence-electron chi connectivity index (χ1n) is 12.8. The highest BCUT2D eigenvalue weighted by Crippen LogP contribution is 2.35. The Morgan fingerprint density at radius 1 is 1.23 bits per heavy atom. The molecule has 1 unspecified atom stereocenters. The molecule has 4 N–H and O–H groups in total. The molecule has 2 fully saturated rings. The van der Waals surface area contributed by atoms with Gasteiger partial charge in [-0.1, -0.05) is 42.2 Å². The van der Waals surface area contributed by atoms with Crippen LogP contribution < -0.4 is 15.0 Å². The number of rotatable bonds is 4. The second-order valence-corrected chi connectivity index (χ2v) is 9.96. The fourth-order valence-corrected chi connectivity index (χ4v) is 4.96. The zero-order valence-corrected chi connectivity index (χ0v) is 21.5. The molecule has 40 heavy (non-hydrogen) atoms. The van der Waals surface area contributed by atoms with Crippen LogP contribution in [0.25, 0.3) is 0 Å². The number of H-pyrrole nitrogens is 1. The van der Waals surface area contributed by atoms with Crippen molar-refractivity contribution in [2.45, 2.75) is 36.4 Å². The maximum absolute atomic E-state index is 13.3. The molecular weight excluding hydrogens is 518 g/mol. The summed E-state index contributed by atoms with van der Waals surface area (Å²) in [4.78, 5) is 31.8. The van der Waals surface area contributed by atoms with Gasteiger partial charge in [-0.15, -0.1) is 5.10 Å². The van der Waals surface area contributed by atoms with Gasteiger partial charge >= 0.3 is 0 Å². The fourth-order valence-electron chi connectivity index (χ4n) is 4.96. The molecule has 0 bridgehead atoms. The summed E-state index contributed by atoms with van der Waals surface area (Å²) in [6, 6.07) is 13.7. The van der Waals surface area contributed by atoms with Crippen LogP contribution in [0.5, 0.6) is 5.75 Å². The molecule has 12 heteroatoms. The van der Waals surface area contributed by atoms with Crippen molar-refractivity contribution < 1.29 is 34.0 Å². The number of aliphatic hydroxyl groups is 2. The Morgan fingerprint density at radius 2 is 2.05 bits per heavy atom. The molecule has 2 amide bonds. The Kier molecular flexibility index (Phi) is 6.73. The summed E-state index contributed by atoms with van der Waals surface area (Å²) in [5.74, 6) is 5.62. The van der Waals surface area contributed by atoms with Gasteiger partial charge in [0.1, 0.15) is 42.5 Å². The zero-order valence-electron chi connectivity index (χ0n) is 21.5. The predicted octanol–water partition coefficient (Wildman–Crippen LogP) is -0.210. The van der Waals surface area contributed by atoms with Crippen LogP contribution in [-0.2, 0) is 20.7 Å². The molecule has 0 spiro atoms. The van der Waals surface area contributed by atoms with Crippen LogP contribution in [0.15, 0.2) is 48.5 Å². The minimum Gasteiger partial charge on any atom is -0.489 e. The first kappa shape index (κ1) is 26.0. The van der Waals surface area contributed by atoms with Crippen molar-refractivity contribution in [3.05, 3.63) is 71.3 Å².